The van der Waals surface area contributed by atoms with Crippen LogP contribution in [-0.4, -0.2) is 17.4 Å². The van der Waals surface area contributed by atoms with Crippen LogP contribution >= 0.6 is 0 Å². The fourth-order valence-electron chi connectivity index (χ4n) is 0.802. The first kappa shape index (κ1) is 8.22. The van der Waals surface area contributed by atoms with Gasteiger partial charge in [-0.3, -0.25) is 0 Å². The zero-order valence-electron chi connectivity index (χ0n) is 6.06. The van der Waals surface area contributed by atoms with E-state index in [0.717, 1.165) is 3.97 Å². The van der Waals surface area contributed by atoms with E-state index in [-0.39, 0.29) is 0 Å². The largest absolute Gasteiger partial charge is 0.303 e. The standard InChI is InChI=1S/C5H9N3O2S/c1-2-5-7-3-4-8(5)11(6,9)10/h3-4H,2H2,1H3,(H2,6,9,10). The number of imidazole rings is 1. The Kier molecular flexibility index (Phi) is 1.97. The maximum atomic E-state index is 10.8. The Bertz CT molecular complexity index is 340. The van der Waals surface area contributed by atoms with Crippen LogP contribution in [0.25, 0.3) is 0 Å². The second-order valence-corrected chi connectivity index (χ2v) is 3.46. The molecule has 0 aromatic carbocycles. The zero-order valence-corrected chi connectivity index (χ0v) is 6.87. The van der Waals surface area contributed by atoms with E-state index in [1.165, 1.54) is 12.4 Å². The van der Waals surface area contributed by atoms with E-state index in [4.69, 9.17) is 5.14 Å². The summed E-state index contributed by atoms with van der Waals surface area (Å²) in [5, 5.41) is 4.87. The van der Waals surface area contributed by atoms with Crippen LogP contribution in [0.2, 0.25) is 0 Å². The Balaban J connectivity index is 3.24. The van der Waals surface area contributed by atoms with Gasteiger partial charge in [-0.25, -0.2) is 14.1 Å². The quantitative estimate of drug-likeness (QED) is 0.658. The minimum absolute atomic E-state index is 0.451. The average Bonchev–Trinajstić information content (AvgIpc) is 2.31. The van der Waals surface area contributed by atoms with Gasteiger partial charge in [-0.05, 0) is 0 Å². The molecule has 11 heavy (non-hydrogen) atoms. The summed E-state index contributed by atoms with van der Waals surface area (Å²) in [6.07, 6.45) is 3.28. The number of hydrogen-bond donors (Lipinski definition) is 1. The lowest BCUT2D eigenvalue weighted by Crippen LogP contribution is -2.22. The molecule has 1 aromatic rings. The van der Waals surface area contributed by atoms with E-state index < -0.39 is 10.2 Å². The smallest absolute Gasteiger partial charge is 0.241 e. The van der Waals surface area contributed by atoms with Gasteiger partial charge in [0.05, 0.1) is 0 Å². The molecule has 0 aliphatic heterocycles. The van der Waals surface area contributed by atoms with Gasteiger partial charge in [0.15, 0.2) is 0 Å². The van der Waals surface area contributed by atoms with Crippen molar-refractivity contribution in [1.29, 1.82) is 0 Å². The number of nitrogens with zero attached hydrogens (tertiary/aromatic N) is 2. The van der Waals surface area contributed by atoms with Crippen molar-refractivity contribution in [2.24, 2.45) is 5.14 Å². The lowest BCUT2D eigenvalue weighted by Gasteiger charge is -2.00. The summed E-state index contributed by atoms with van der Waals surface area (Å²) in [6, 6.07) is 0. The average molecular weight is 175 g/mol. The molecule has 0 aliphatic carbocycles. The highest BCUT2D eigenvalue weighted by Crippen LogP contribution is 1.99. The number of nitrogens with two attached hydrogens (primary N) is 1. The summed E-state index contributed by atoms with van der Waals surface area (Å²) < 4.78 is 22.5. The Morgan fingerprint density at radius 3 is 2.73 bits per heavy atom. The minimum Gasteiger partial charge on any atom is -0.241 e. The molecular formula is C5H9N3O2S. The molecule has 0 unspecified atom stereocenters. The Labute approximate surface area is 65.0 Å². The SMILES string of the molecule is CCc1nccn1S(N)(=O)=O. The van der Waals surface area contributed by atoms with Gasteiger partial charge in [0.2, 0.25) is 0 Å². The van der Waals surface area contributed by atoms with Crippen molar-refractivity contribution in [1.82, 2.24) is 8.96 Å². The molecule has 0 fully saturated rings. The minimum atomic E-state index is -3.65. The zero-order chi connectivity index (χ0) is 8.48. The summed E-state index contributed by atoms with van der Waals surface area (Å²) in [5.41, 5.74) is 0. The van der Waals surface area contributed by atoms with Gasteiger partial charge >= 0.3 is 10.2 Å². The van der Waals surface area contributed by atoms with E-state index in [2.05, 4.69) is 4.98 Å². The predicted molar refractivity (Wildman–Crippen MR) is 40.1 cm³/mol. The third-order valence-electron chi connectivity index (χ3n) is 1.27. The first-order valence-corrected chi connectivity index (χ1v) is 4.61. The summed E-state index contributed by atoms with van der Waals surface area (Å²) in [7, 11) is -3.65. The van der Waals surface area contributed by atoms with Gasteiger partial charge in [-0.2, -0.15) is 8.42 Å². The van der Waals surface area contributed by atoms with Gasteiger partial charge < -0.3 is 0 Å². The van der Waals surface area contributed by atoms with Crippen molar-refractivity contribution in [3.63, 3.8) is 0 Å². The fraction of sp³-hybridized carbons (Fsp3) is 0.400. The van der Waals surface area contributed by atoms with Crippen molar-refractivity contribution < 1.29 is 8.42 Å². The Hall–Kier alpha value is -0.880. The van der Waals surface area contributed by atoms with Gasteiger partial charge in [0.25, 0.3) is 0 Å². The third-order valence-corrected chi connectivity index (χ3v) is 2.15. The molecule has 0 saturated carbocycles. The van der Waals surface area contributed by atoms with Crippen LogP contribution in [0.5, 0.6) is 0 Å². The van der Waals surface area contributed by atoms with E-state index in [1.54, 1.807) is 0 Å². The molecule has 1 heterocycles. The number of aromatic nitrogens is 2. The van der Waals surface area contributed by atoms with Crippen molar-refractivity contribution in [3.05, 3.63) is 18.2 Å². The molecule has 2 N–H and O–H groups in total. The molecule has 1 aromatic heterocycles. The number of rotatable bonds is 2. The van der Waals surface area contributed by atoms with E-state index in [0.29, 0.717) is 12.2 Å². The van der Waals surface area contributed by atoms with Crippen LogP contribution in [0.1, 0.15) is 12.7 Å². The van der Waals surface area contributed by atoms with Crippen LogP contribution in [0.4, 0.5) is 0 Å². The first-order valence-electron chi connectivity index (χ1n) is 3.11. The molecule has 6 heteroatoms. The van der Waals surface area contributed by atoms with Crippen molar-refractivity contribution in [2.45, 2.75) is 13.3 Å². The molecule has 0 spiro atoms. The van der Waals surface area contributed by atoms with E-state index >= 15 is 0 Å². The number of hydrogen-bond acceptors (Lipinski definition) is 3. The Morgan fingerprint density at radius 1 is 1.73 bits per heavy atom. The van der Waals surface area contributed by atoms with Crippen LogP contribution in [-0.2, 0) is 16.6 Å². The normalized spacial score (nSPS) is 11.8. The van der Waals surface area contributed by atoms with Gasteiger partial charge in [-0.15, -0.1) is 0 Å². The molecule has 0 aliphatic rings. The molecule has 0 atom stereocenters. The highest BCUT2D eigenvalue weighted by molar-refractivity contribution is 7.87. The van der Waals surface area contributed by atoms with Gasteiger partial charge in [0, 0.05) is 18.8 Å². The highest BCUT2D eigenvalue weighted by Gasteiger charge is 2.09. The maximum absolute atomic E-state index is 10.8. The molecule has 62 valence electrons. The van der Waals surface area contributed by atoms with Gasteiger partial charge in [-0.1, -0.05) is 6.92 Å². The van der Waals surface area contributed by atoms with E-state index in [1.807, 2.05) is 6.92 Å². The topological polar surface area (TPSA) is 78.0 Å². The molecule has 0 amide bonds. The van der Waals surface area contributed by atoms with Crippen molar-refractivity contribution in [2.75, 3.05) is 0 Å². The summed E-state index contributed by atoms with van der Waals surface area (Å²) in [4.78, 5) is 3.80. The van der Waals surface area contributed by atoms with Crippen molar-refractivity contribution in [3.8, 4) is 0 Å². The van der Waals surface area contributed by atoms with Crippen LogP contribution in [0, 0.1) is 0 Å². The predicted octanol–water partition coefficient (Wildman–Crippen LogP) is -0.503. The number of aryl methyl sites for hydroxylation is 1. The first-order chi connectivity index (χ1) is 5.05. The molecule has 1 rings (SSSR count). The molecule has 0 bridgehead atoms. The summed E-state index contributed by atoms with van der Waals surface area (Å²) >= 11 is 0. The van der Waals surface area contributed by atoms with Crippen molar-refractivity contribution >= 4 is 10.2 Å². The second kappa shape index (κ2) is 2.63. The highest BCUT2D eigenvalue weighted by atomic mass is 32.2. The lowest BCUT2D eigenvalue weighted by atomic mass is 10.5. The van der Waals surface area contributed by atoms with Crippen LogP contribution in [0.15, 0.2) is 12.4 Å². The third kappa shape index (κ3) is 1.58. The summed E-state index contributed by atoms with van der Waals surface area (Å²) in [5.74, 6) is 0.451. The lowest BCUT2D eigenvalue weighted by molar-refractivity contribution is 0.586. The van der Waals surface area contributed by atoms with Crippen LogP contribution in [0.3, 0.4) is 0 Å². The maximum Gasteiger partial charge on any atom is 0.303 e. The molecular weight excluding hydrogens is 166 g/mol. The van der Waals surface area contributed by atoms with E-state index in [9.17, 15) is 8.42 Å². The fourth-order valence-corrected chi connectivity index (χ4v) is 1.50. The second-order valence-electron chi connectivity index (χ2n) is 2.04. The monoisotopic (exact) mass is 175 g/mol. The molecule has 0 radical (unpaired) electrons. The molecule has 5 nitrogen and oxygen atoms in total. The Morgan fingerprint density at radius 2 is 2.36 bits per heavy atom. The molecule has 0 saturated heterocycles. The van der Waals surface area contributed by atoms with Gasteiger partial charge in [0.1, 0.15) is 5.82 Å². The summed E-state index contributed by atoms with van der Waals surface area (Å²) in [6.45, 7) is 1.81. The van der Waals surface area contributed by atoms with Crippen LogP contribution < -0.4 is 5.14 Å².